The molecular formula is C19H25NO5S. The number of fused-ring (bicyclic) bond motifs is 1. The van der Waals surface area contributed by atoms with Gasteiger partial charge in [0, 0.05) is 0 Å². The number of hydrogen-bond acceptors (Lipinski definition) is 5. The fourth-order valence-corrected chi connectivity index (χ4v) is 3.80. The molecule has 6 nitrogen and oxygen atoms in total. The summed E-state index contributed by atoms with van der Waals surface area (Å²) in [7, 11) is -3.92. The summed E-state index contributed by atoms with van der Waals surface area (Å²) in [6.45, 7) is 8.70. The molecule has 26 heavy (non-hydrogen) atoms. The van der Waals surface area contributed by atoms with Gasteiger partial charge in [0.15, 0.2) is 0 Å². The number of sulfonamides is 1. The fraction of sp³-hybridized carbons (Fsp3) is 0.421. The van der Waals surface area contributed by atoms with Gasteiger partial charge in [0.2, 0.25) is 10.0 Å². The summed E-state index contributed by atoms with van der Waals surface area (Å²) in [6.07, 6.45) is 0. The van der Waals surface area contributed by atoms with E-state index in [0.717, 1.165) is 5.39 Å². The van der Waals surface area contributed by atoms with Gasteiger partial charge in [-0.15, -0.1) is 0 Å². The number of rotatable bonds is 5. The first-order chi connectivity index (χ1) is 11.9. The van der Waals surface area contributed by atoms with Crippen molar-refractivity contribution in [1.29, 1.82) is 0 Å². The maximum Gasteiger partial charge on any atom is 0.324 e. The average Bonchev–Trinajstić information content (AvgIpc) is 2.50. The van der Waals surface area contributed by atoms with Crippen molar-refractivity contribution in [3.8, 4) is 5.75 Å². The van der Waals surface area contributed by atoms with Crippen LogP contribution in [0.1, 0.15) is 34.6 Å². The first-order valence-corrected chi connectivity index (χ1v) is 9.85. The van der Waals surface area contributed by atoms with Gasteiger partial charge in [0.05, 0.1) is 4.90 Å². The van der Waals surface area contributed by atoms with E-state index in [1.807, 2.05) is 0 Å². The molecule has 0 aliphatic rings. The van der Waals surface area contributed by atoms with Gasteiger partial charge in [-0.3, -0.25) is 4.79 Å². The number of phenolic OH excluding ortho intramolecular Hbond substituents is 1. The van der Waals surface area contributed by atoms with Gasteiger partial charge in [-0.05, 0) is 61.7 Å². The molecule has 0 radical (unpaired) electrons. The zero-order valence-corrected chi connectivity index (χ0v) is 16.4. The molecule has 0 unspecified atom stereocenters. The van der Waals surface area contributed by atoms with Crippen molar-refractivity contribution in [2.45, 2.75) is 51.2 Å². The first kappa shape index (κ1) is 20.2. The van der Waals surface area contributed by atoms with Gasteiger partial charge < -0.3 is 9.84 Å². The Morgan fingerprint density at radius 1 is 1.08 bits per heavy atom. The van der Waals surface area contributed by atoms with Crippen molar-refractivity contribution < 1.29 is 23.1 Å². The van der Waals surface area contributed by atoms with Crippen LogP contribution in [0.2, 0.25) is 0 Å². The molecule has 2 aromatic rings. The molecule has 1 atom stereocenters. The number of nitrogens with one attached hydrogen (secondary N) is 1. The molecule has 0 aromatic heterocycles. The van der Waals surface area contributed by atoms with E-state index >= 15 is 0 Å². The molecule has 0 heterocycles. The maximum atomic E-state index is 12.8. The number of carbonyl (C=O) groups excluding carboxylic acids is 1. The Kier molecular flexibility index (Phi) is 5.63. The number of benzene rings is 2. The standard InChI is InChI=1S/C19H25NO5S/c1-12(2)17(18(22)25-19(3,4)5)20-26(23,24)16-9-7-13-10-15(21)8-6-14(13)11-16/h6-12,17,20-21H,1-5H3/t17-/m1/s1. The van der Waals surface area contributed by atoms with Crippen LogP contribution in [0, 0.1) is 5.92 Å². The Balaban J connectivity index is 2.33. The van der Waals surface area contributed by atoms with E-state index in [1.165, 1.54) is 18.2 Å². The number of phenols is 1. The van der Waals surface area contributed by atoms with Gasteiger partial charge >= 0.3 is 5.97 Å². The molecule has 0 aliphatic heterocycles. The summed E-state index contributed by atoms with van der Waals surface area (Å²) in [5, 5.41) is 10.9. The topological polar surface area (TPSA) is 92.7 Å². The second-order valence-corrected chi connectivity index (χ2v) is 9.28. The van der Waals surface area contributed by atoms with E-state index in [0.29, 0.717) is 5.39 Å². The second kappa shape index (κ2) is 7.25. The summed E-state index contributed by atoms with van der Waals surface area (Å²) in [4.78, 5) is 12.4. The molecule has 0 saturated carbocycles. The lowest BCUT2D eigenvalue weighted by molar-refractivity contribution is -0.158. The lowest BCUT2D eigenvalue weighted by Gasteiger charge is -2.26. The van der Waals surface area contributed by atoms with Crippen LogP contribution in [-0.4, -0.2) is 31.1 Å². The molecule has 0 fully saturated rings. The van der Waals surface area contributed by atoms with Crippen LogP contribution >= 0.6 is 0 Å². The summed E-state index contributed by atoms with van der Waals surface area (Å²) in [6, 6.07) is 8.24. The molecule has 0 saturated heterocycles. The first-order valence-electron chi connectivity index (χ1n) is 8.37. The molecule has 0 spiro atoms. The van der Waals surface area contributed by atoms with E-state index in [4.69, 9.17) is 4.74 Å². The normalized spacial score (nSPS) is 13.8. The Bertz CT molecular complexity index is 913. The maximum absolute atomic E-state index is 12.8. The summed E-state index contributed by atoms with van der Waals surface area (Å²) in [5.74, 6) is -0.783. The second-order valence-electron chi connectivity index (χ2n) is 7.57. The highest BCUT2D eigenvalue weighted by molar-refractivity contribution is 7.89. The number of carbonyl (C=O) groups is 1. The van der Waals surface area contributed by atoms with Crippen LogP contribution in [0.3, 0.4) is 0 Å². The molecule has 2 aromatic carbocycles. The Morgan fingerprint density at radius 3 is 2.23 bits per heavy atom. The minimum atomic E-state index is -3.92. The average molecular weight is 379 g/mol. The number of aromatic hydroxyl groups is 1. The molecule has 2 rings (SSSR count). The van der Waals surface area contributed by atoms with E-state index in [1.54, 1.807) is 52.8 Å². The fourth-order valence-electron chi connectivity index (χ4n) is 2.44. The molecule has 142 valence electrons. The smallest absolute Gasteiger partial charge is 0.324 e. The molecule has 2 N–H and O–H groups in total. The predicted octanol–water partition coefficient (Wildman–Crippen LogP) is 3.19. The van der Waals surface area contributed by atoms with Gasteiger partial charge in [0.25, 0.3) is 0 Å². The predicted molar refractivity (Wildman–Crippen MR) is 100 cm³/mol. The van der Waals surface area contributed by atoms with Crippen molar-refractivity contribution in [3.63, 3.8) is 0 Å². The number of hydrogen-bond donors (Lipinski definition) is 2. The molecule has 0 bridgehead atoms. The quantitative estimate of drug-likeness (QED) is 0.778. The third-order valence-corrected chi connectivity index (χ3v) is 5.15. The van der Waals surface area contributed by atoms with Crippen molar-refractivity contribution in [2.75, 3.05) is 0 Å². The number of esters is 1. The van der Waals surface area contributed by atoms with Crippen molar-refractivity contribution in [3.05, 3.63) is 36.4 Å². The molecule has 0 amide bonds. The van der Waals surface area contributed by atoms with Gasteiger partial charge in [-0.1, -0.05) is 26.0 Å². The molecular weight excluding hydrogens is 354 g/mol. The lowest BCUT2D eigenvalue weighted by atomic mass is 10.1. The number of ether oxygens (including phenoxy) is 1. The van der Waals surface area contributed by atoms with Gasteiger partial charge in [-0.2, -0.15) is 4.72 Å². The van der Waals surface area contributed by atoms with Crippen LogP contribution in [0.15, 0.2) is 41.3 Å². The van der Waals surface area contributed by atoms with Crippen molar-refractivity contribution in [2.24, 2.45) is 5.92 Å². The monoisotopic (exact) mass is 379 g/mol. The summed E-state index contributed by atoms with van der Waals surface area (Å²) in [5.41, 5.74) is -0.708. The van der Waals surface area contributed by atoms with E-state index in [2.05, 4.69) is 4.72 Å². The minimum Gasteiger partial charge on any atom is -0.508 e. The minimum absolute atomic E-state index is 0.0462. The Labute approximate surface area is 154 Å². The van der Waals surface area contributed by atoms with E-state index in [-0.39, 0.29) is 16.6 Å². The van der Waals surface area contributed by atoms with E-state index < -0.39 is 27.6 Å². The molecule has 7 heteroatoms. The Hall–Kier alpha value is -2.12. The Morgan fingerprint density at radius 2 is 1.65 bits per heavy atom. The highest BCUT2D eigenvalue weighted by Gasteiger charge is 2.32. The van der Waals surface area contributed by atoms with Crippen LogP contribution in [-0.2, 0) is 19.6 Å². The zero-order chi connectivity index (χ0) is 19.7. The van der Waals surface area contributed by atoms with Crippen molar-refractivity contribution in [1.82, 2.24) is 4.72 Å². The van der Waals surface area contributed by atoms with E-state index in [9.17, 15) is 18.3 Å². The third kappa shape index (κ3) is 4.95. The van der Waals surface area contributed by atoms with Gasteiger partial charge in [0.1, 0.15) is 17.4 Å². The summed E-state index contributed by atoms with van der Waals surface area (Å²) >= 11 is 0. The third-order valence-electron chi connectivity index (χ3n) is 3.72. The van der Waals surface area contributed by atoms with Crippen LogP contribution in [0.4, 0.5) is 0 Å². The highest BCUT2D eigenvalue weighted by atomic mass is 32.2. The summed E-state index contributed by atoms with van der Waals surface area (Å²) < 4.78 is 33.3. The van der Waals surface area contributed by atoms with Gasteiger partial charge in [-0.25, -0.2) is 8.42 Å². The molecule has 0 aliphatic carbocycles. The SMILES string of the molecule is CC(C)[C@@H](NS(=O)(=O)c1ccc2cc(O)ccc2c1)C(=O)OC(C)(C)C. The highest BCUT2D eigenvalue weighted by Crippen LogP contribution is 2.23. The largest absolute Gasteiger partial charge is 0.508 e. The zero-order valence-electron chi connectivity index (χ0n) is 15.6. The lowest BCUT2D eigenvalue weighted by Crippen LogP contribution is -2.47. The van der Waals surface area contributed by atoms with Crippen LogP contribution < -0.4 is 4.72 Å². The van der Waals surface area contributed by atoms with Crippen LogP contribution in [0.5, 0.6) is 5.75 Å². The van der Waals surface area contributed by atoms with Crippen LogP contribution in [0.25, 0.3) is 10.8 Å². The van der Waals surface area contributed by atoms with Crippen molar-refractivity contribution >= 4 is 26.8 Å².